The molecule has 1 heterocycles. The molecule has 0 atom stereocenters. The van der Waals surface area contributed by atoms with E-state index in [4.69, 9.17) is 30.9 Å². The molecular formula is C26H35ClN2O5. The van der Waals surface area contributed by atoms with E-state index < -0.39 is 5.97 Å². The average Bonchev–Trinajstić information content (AvgIpc) is 2.84. The number of rotatable bonds is 13. The number of methoxy groups -OCH3 is 2. The zero-order valence-corrected chi connectivity index (χ0v) is 20.9. The molecule has 1 fully saturated rings. The Morgan fingerprint density at radius 2 is 1.62 bits per heavy atom. The number of unbranched alkanes of at least 4 members (excludes halogenated alkanes) is 3. The topological polar surface area (TPSA) is 71.5 Å². The highest BCUT2D eigenvalue weighted by Gasteiger charge is 2.22. The van der Waals surface area contributed by atoms with E-state index in [9.17, 15) is 4.79 Å². The monoisotopic (exact) mass is 490 g/mol. The number of hydrogen-bond donors (Lipinski definition) is 1. The summed E-state index contributed by atoms with van der Waals surface area (Å²) in [7, 11) is 3.25. The average molecular weight is 491 g/mol. The largest absolute Gasteiger partial charge is 0.493 e. The summed E-state index contributed by atoms with van der Waals surface area (Å²) in [4.78, 5) is 15.4. The molecular weight excluding hydrogens is 456 g/mol. The van der Waals surface area contributed by atoms with Gasteiger partial charge in [0.15, 0.2) is 11.5 Å². The molecule has 2 aromatic carbocycles. The molecule has 1 aliphatic rings. The van der Waals surface area contributed by atoms with E-state index >= 15 is 0 Å². The number of hydrogen-bond acceptors (Lipinski definition) is 6. The Bertz CT molecular complexity index is 914. The highest BCUT2D eigenvalue weighted by Crippen LogP contribution is 2.40. The van der Waals surface area contributed by atoms with Crippen LogP contribution in [0.3, 0.4) is 0 Å². The van der Waals surface area contributed by atoms with E-state index in [1.165, 1.54) is 5.69 Å². The number of piperazine rings is 1. The van der Waals surface area contributed by atoms with Gasteiger partial charge in [0.05, 0.1) is 20.8 Å². The van der Waals surface area contributed by atoms with Crippen LogP contribution in [0.25, 0.3) is 0 Å². The molecule has 8 heteroatoms. The van der Waals surface area contributed by atoms with Crippen LogP contribution >= 0.6 is 11.6 Å². The van der Waals surface area contributed by atoms with Crippen molar-refractivity contribution in [3.05, 3.63) is 47.0 Å². The first-order valence-electron chi connectivity index (χ1n) is 11.8. The molecule has 3 rings (SSSR count). The zero-order valence-electron chi connectivity index (χ0n) is 20.1. The third-order valence-electron chi connectivity index (χ3n) is 6.07. The van der Waals surface area contributed by atoms with Crippen molar-refractivity contribution in [3.63, 3.8) is 0 Å². The summed E-state index contributed by atoms with van der Waals surface area (Å²) in [5.74, 6) is 1.25. The maximum atomic E-state index is 10.6. The Kier molecular flexibility index (Phi) is 10.2. The van der Waals surface area contributed by atoms with Crippen LogP contribution in [0.15, 0.2) is 36.4 Å². The highest BCUT2D eigenvalue weighted by atomic mass is 35.5. The fourth-order valence-electron chi connectivity index (χ4n) is 4.19. The summed E-state index contributed by atoms with van der Waals surface area (Å²) in [6.07, 6.45) is 3.60. The Labute approximate surface area is 207 Å². The lowest BCUT2D eigenvalue weighted by Gasteiger charge is -2.36. The zero-order chi connectivity index (χ0) is 24.3. The van der Waals surface area contributed by atoms with Gasteiger partial charge in [0, 0.05) is 55.4 Å². The third-order valence-corrected chi connectivity index (χ3v) is 6.32. The van der Waals surface area contributed by atoms with Crippen molar-refractivity contribution >= 4 is 23.3 Å². The number of aliphatic carboxylic acids is 1. The van der Waals surface area contributed by atoms with Gasteiger partial charge >= 0.3 is 5.97 Å². The number of anilines is 1. The number of ether oxygens (including phenoxy) is 3. The standard InChI is InChI=1S/C26H35ClN2O5/c1-32-23-13-8-20(25(26(23)33-2)34-18-6-4-3-5-7-24(30)31)19-28-14-16-29(17-15-28)22-11-9-21(27)10-12-22/h8-13H,3-7,14-19H2,1-2H3,(H,30,31). The van der Waals surface area contributed by atoms with Gasteiger partial charge in [0.2, 0.25) is 5.75 Å². The third kappa shape index (κ3) is 7.43. The first-order chi connectivity index (χ1) is 16.5. The predicted octanol–water partition coefficient (Wildman–Crippen LogP) is 5.09. The molecule has 0 bridgehead atoms. The van der Waals surface area contributed by atoms with Crippen LogP contribution < -0.4 is 19.1 Å². The second-order valence-corrected chi connectivity index (χ2v) is 8.87. The van der Waals surface area contributed by atoms with Gasteiger partial charge < -0.3 is 24.2 Å². The van der Waals surface area contributed by atoms with E-state index in [1.807, 2.05) is 18.2 Å². The minimum absolute atomic E-state index is 0.222. The summed E-state index contributed by atoms with van der Waals surface area (Å²) in [5, 5.41) is 9.51. The minimum Gasteiger partial charge on any atom is -0.493 e. The molecule has 1 N–H and O–H groups in total. The maximum absolute atomic E-state index is 10.6. The lowest BCUT2D eigenvalue weighted by molar-refractivity contribution is -0.137. The summed E-state index contributed by atoms with van der Waals surface area (Å²) in [5.41, 5.74) is 2.27. The first-order valence-corrected chi connectivity index (χ1v) is 12.2. The highest BCUT2D eigenvalue weighted by molar-refractivity contribution is 6.30. The number of nitrogens with zero attached hydrogens (tertiary/aromatic N) is 2. The van der Waals surface area contributed by atoms with Crippen LogP contribution in [-0.2, 0) is 11.3 Å². The van der Waals surface area contributed by atoms with Gasteiger partial charge in [0.1, 0.15) is 0 Å². The van der Waals surface area contributed by atoms with Crippen molar-refractivity contribution in [2.45, 2.75) is 38.6 Å². The van der Waals surface area contributed by atoms with Crippen LogP contribution in [0, 0.1) is 0 Å². The molecule has 0 unspecified atom stereocenters. The molecule has 0 aliphatic carbocycles. The molecule has 2 aromatic rings. The summed E-state index contributed by atoms with van der Waals surface area (Å²) in [6, 6.07) is 12.0. The van der Waals surface area contributed by atoms with Gasteiger partial charge in [-0.25, -0.2) is 0 Å². The minimum atomic E-state index is -0.740. The molecule has 34 heavy (non-hydrogen) atoms. The number of carbonyl (C=O) groups is 1. The van der Waals surface area contributed by atoms with Crippen molar-refractivity contribution < 1.29 is 24.1 Å². The normalized spacial score (nSPS) is 14.1. The van der Waals surface area contributed by atoms with Crippen molar-refractivity contribution in [3.8, 4) is 17.2 Å². The van der Waals surface area contributed by atoms with Gasteiger partial charge in [-0.2, -0.15) is 0 Å². The Morgan fingerprint density at radius 1 is 0.912 bits per heavy atom. The van der Waals surface area contributed by atoms with Crippen LogP contribution in [-0.4, -0.2) is 63.0 Å². The number of halogens is 1. The van der Waals surface area contributed by atoms with Gasteiger partial charge in [-0.3, -0.25) is 9.69 Å². The molecule has 186 valence electrons. The van der Waals surface area contributed by atoms with Gasteiger partial charge in [-0.05, 0) is 43.2 Å². The van der Waals surface area contributed by atoms with Crippen molar-refractivity contribution in [1.82, 2.24) is 4.90 Å². The first kappa shape index (κ1) is 26.0. The van der Waals surface area contributed by atoms with E-state index in [2.05, 4.69) is 28.0 Å². The number of benzene rings is 2. The van der Waals surface area contributed by atoms with Gasteiger partial charge in [-0.15, -0.1) is 0 Å². The molecule has 1 saturated heterocycles. The van der Waals surface area contributed by atoms with Crippen LogP contribution in [0.5, 0.6) is 17.2 Å². The molecule has 0 aromatic heterocycles. The Balaban J connectivity index is 1.58. The van der Waals surface area contributed by atoms with Gasteiger partial charge in [0.25, 0.3) is 0 Å². The van der Waals surface area contributed by atoms with Crippen molar-refractivity contribution in [2.75, 3.05) is 51.9 Å². The molecule has 0 amide bonds. The Hall–Kier alpha value is -2.64. The second kappa shape index (κ2) is 13.3. The van der Waals surface area contributed by atoms with E-state index in [0.717, 1.165) is 68.3 Å². The molecule has 1 aliphatic heterocycles. The fraction of sp³-hybridized carbons (Fsp3) is 0.500. The summed E-state index contributed by atoms with van der Waals surface area (Å²) < 4.78 is 17.3. The van der Waals surface area contributed by atoms with E-state index in [1.54, 1.807) is 14.2 Å². The Morgan fingerprint density at radius 3 is 2.26 bits per heavy atom. The lowest BCUT2D eigenvalue weighted by atomic mass is 10.1. The number of carboxylic acids is 1. The lowest BCUT2D eigenvalue weighted by Crippen LogP contribution is -2.46. The second-order valence-electron chi connectivity index (χ2n) is 8.44. The smallest absolute Gasteiger partial charge is 0.303 e. The predicted molar refractivity (Wildman–Crippen MR) is 135 cm³/mol. The molecule has 0 saturated carbocycles. The summed E-state index contributed by atoms with van der Waals surface area (Å²) in [6.45, 7) is 5.10. The molecule has 7 nitrogen and oxygen atoms in total. The van der Waals surface area contributed by atoms with Gasteiger partial charge in [-0.1, -0.05) is 30.5 Å². The van der Waals surface area contributed by atoms with E-state index in [-0.39, 0.29) is 6.42 Å². The molecule has 0 radical (unpaired) electrons. The SMILES string of the molecule is COc1ccc(CN2CCN(c3ccc(Cl)cc3)CC2)c(OCCCCCCC(=O)O)c1OC. The summed E-state index contributed by atoms with van der Waals surface area (Å²) >= 11 is 6.03. The molecule has 0 spiro atoms. The van der Waals surface area contributed by atoms with E-state index in [0.29, 0.717) is 24.5 Å². The van der Waals surface area contributed by atoms with Crippen molar-refractivity contribution in [1.29, 1.82) is 0 Å². The van der Waals surface area contributed by atoms with Crippen LogP contribution in [0.1, 0.15) is 37.7 Å². The maximum Gasteiger partial charge on any atom is 0.303 e. The van der Waals surface area contributed by atoms with Crippen molar-refractivity contribution in [2.24, 2.45) is 0 Å². The fourth-order valence-corrected chi connectivity index (χ4v) is 4.31. The number of carboxylic acid groups (broad SMARTS) is 1. The van der Waals surface area contributed by atoms with Crippen LogP contribution in [0.2, 0.25) is 5.02 Å². The quantitative estimate of drug-likeness (QED) is 0.392. The van der Waals surface area contributed by atoms with Crippen LogP contribution in [0.4, 0.5) is 5.69 Å².